The second-order valence-electron chi connectivity index (χ2n) is 2.83. The van der Waals surface area contributed by atoms with Crippen molar-refractivity contribution in [3.63, 3.8) is 0 Å². The molecule has 0 saturated heterocycles. The summed E-state index contributed by atoms with van der Waals surface area (Å²) < 4.78 is 38.7. The topological polar surface area (TPSA) is 43.1 Å². The Morgan fingerprint density at radius 1 is 1.27 bits per heavy atom. The average Bonchev–Trinajstić information content (AvgIpc) is 2.17. The molecule has 80 valence electrons. The van der Waals surface area contributed by atoms with Crippen LogP contribution in [0, 0.1) is 17.5 Å². The highest BCUT2D eigenvalue weighted by molar-refractivity contribution is 5.76. The SMILES string of the molecule is NC(=O)CC=Cc1c(F)ccc(F)c1F. The van der Waals surface area contributed by atoms with Crippen LogP contribution >= 0.6 is 0 Å². The first-order chi connectivity index (χ1) is 7.02. The van der Waals surface area contributed by atoms with Gasteiger partial charge in [0.1, 0.15) is 5.82 Å². The van der Waals surface area contributed by atoms with E-state index in [0.717, 1.165) is 12.1 Å². The van der Waals surface area contributed by atoms with Gasteiger partial charge in [-0.2, -0.15) is 0 Å². The van der Waals surface area contributed by atoms with Crippen molar-refractivity contribution in [2.75, 3.05) is 0 Å². The van der Waals surface area contributed by atoms with Crippen LogP contribution in [-0.4, -0.2) is 5.91 Å². The summed E-state index contributed by atoms with van der Waals surface area (Å²) in [6, 6.07) is 1.50. The Morgan fingerprint density at radius 3 is 2.47 bits per heavy atom. The molecule has 0 aliphatic rings. The molecule has 0 fully saturated rings. The fourth-order valence-electron chi connectivity index (χ4n) is 0.988. The van der Waals surface area contributed by atoms with E-state index < -0.39 is 28.9 Å². The van der Waals surface area contributed by atoms with Crippen molar-refractivity contribution in [3.05, 3.63) is 41.2 Å². The third kappa shape index (κ3) is 2.83. The second-order valence-corrected chi connectivity index (χ2v) is 2.83. The first-order valence-electron chi connectivity index (χ1n) is 4.10. The molecule has 0 spiro atoms. The first-order valence-corrected chi connectivity index (χ1v) is 4.10. The number of primary amides is 1. The number of halogens is 3. The number of rotatable bonds is 3. The van der Waals surface area contributed by atoms with Gasteiger partial charge in [0, 0.05) is 12.0 Å². The van der Waals surface area contributed by atoms with Crippen molar-refractivity contribution < 1.29 is 18.0 Å². The maximum atomic E-state index is 13.0. The van der Waals surface area contributed by atoms with Crippen molar-refractivity contribution in [2.45, 2.75) is 6.42 Å². The quantitative estimate of drug-likeness (QED) is 0.770. The molecule has 1 aromatic carbocycles. The molecule has 1 amide bonds. The zero-order valence-corrected chi connectivity index (χ0v) is 7.64. The van der Waals surface area contributed by atoms with E-state index in [-0.39, 0.29) is 6.42 Å². The fourth-order valence-corrected chi connectivity index (χ4v) is 0.988. The Hall–Kier alpha value is -1.78. The lowest BCUT2D eigenvalue weighted by atomic mass is 10.1. The molecule has 0 atom stereocenters. The van der Waals surface area contributed by atoms with E-state index in [1.807, 2.05) is 0 Å². The van der Waals surface area contributed by atoms with Gasteiger partial charge in [0.15, 0.2) is 11.6 Å². The van der Waals surface area contributed by atoms with Crippen molar-refractivity contribution >= 4 is 12.0 Å². The van der Waals surface area contributed by atoms with Crippen LogP contribution in [0.3, 0.4) is 0 Å². The molecule has 1 aromatic rings. The maximum absolute atomic E-state index is 13.0. The predicted octanol–water partition coefficient (Wildman–Crippen LogP) is 1.99. The minimum absolute atomic E-state index is 0.157. The lowest BCUT2D eigenvalue weighted by molar-refractivity contribution is -0.117. The third-order valence-corrected chi connectivity index (χ3v) is 1.68. The standard InChI is InChI=1S/C10H8F3NO/c11-7-4-5-8(12)10(13)6(7)2-1-3-9(14)15/h1-2,4-5H,3H2,(H2,14,15). The summed E-state index contributed by atoms with van der Waals surface area (Å²) in [5.41, 5.74) is 4.29. The number of benzene rings is 1. The molecule has 0 aliphatic carbocycles. The van der Waals surface area contributed by atoms with E-state index in [1.54, 1.807) is 0 Å². The van der Waals surface area contributed by atoms with Crippen LogP contribution in [-0.2, 0) is 4.79 Å². The van der Waals surface area contributed by atoms with Crippen LogP contribution in [0.15, 0.2) is 18.2 Å². The van der Waals surface area contributed by atoms with Crippen LogP contribution < -0.4 is 5.73 Å². The lowest BCUT2D eigenvalue weighted by Gasteiger charge is -1.99. The van der Waals surface area contributed by atoms with Gasteiger partial charge in [-0.3, -0.25) is 4.79 Å². The average molecular weight is 215 g/mol. The number of carbonyl (C=O) groups is 1. The first kappa shape index (κ1) is 11.3. The molecule has 0 unspecified atom stereocenters. The molecule has 2 nitrogen and oxygen atoms in total. The maximum Gasteiger partial charge on any atom is 0.221 e. The van der Waals surface area contributed by atoms with Crippen molar-refractivity contribution in [3.8, 4) is 0 Å². The molecule has 0 radical (unpaired) electrons. The minimum atomic E-state index is -1.28. The largest absolute Gasteiger partial charge is 0.369 e. The van der Waals surface area contributed by atoms with Gasteiger partial charge in [0.25, 0.3) is 0 Å². The summed E-state index contributed by atoms with van der Waals surface area (Å²) in [5, 5.41) is 0. The van der Waals surface area contributed by atoms with Crippen LogP contribution in [0.5, 0.6) is 0 Å². The lowest BCUT2D eigenvalue weighted by Crippen LogP contribution is -2.08. The summed E-state index contributed by atoms with van der Waals surface area (Å²) >= 11 is 0. The number of nitrogens with two attached hydrogens (primary N) is 1. The van der Waals surface area contributed by atoms with Gasteiger partial charge in [0.05, 0.1) is 0 Å². The molecule has 0 saturated carbocycles. The molecule has 0 aliphatic heterocycles. The Kier molecular flexibility index (Phi) is 3.49. The molecular weight excluding hydrogens is 207 g/mol. The summed E-state index contributed by atoms with van der Waals surface area (Å²) in [5.74, 6) is -3.95. The highest BCUT2D eigenvalue weighted by Crippen LogP contribution is 2.17. The van der Waals surface area contributed by atoms with Gasteiger partial charge in [-0.25, -0.2) is 13.2 Å². The molecule has 5 heteroatoms. The summed E-state index contributed by atoms with van der Waals surface area (Å²) in [4.78, 5) is 10.3. The minimum Gasteiger partial charge on any atom is -0.369 e. The van der Waals surface area contributed by atoms with Crippen LogP contribution in [0.2, 0.25) is 0 Å². The Bertz CT molecular complexity index is 415. The fraction of sp³-hybridized carbons (Fsp3) is 0.100. The van der Waals surface area contributed by atoms with E-state index >= 15 is 0 Å². The zero-order valence-electron chi connectivity index (χ0n) is 7.64. The summed E-state index contributed by atoms with van der Waals surface area (Å²) in [6.45, 7) is 0. The molecule has 0 aromatic heterocycles. The molecule has 2 N–H and O–H groups in total. The van der Waals surface area contributed by atoms with Crippen LogP contribution in [0.25, 0.3) is 6.08 Å². The Labute approximate surface area is 84.2 Å². The normalized spacial score (nSPS) is 10.9. The zero-order chi connectivity index (χ0) is 11.4. The van der Waals surface area contributed by atoms with E-state index in [1.165, 1.54) is 6.08 Å². The Balaban J connectivity index is 2.98. The monoisotopic (exact) mass is 215 g/mol. The van der Waals surface area contributed by atoms with Gasteiger partial charge >= 0.3 is 0 Å². The smallest absolute Gasteiger partial charge is 0.221 e. The van der Waals surface area contributed by atoms with Crippen molar-refractivity contribution in [1.29, 1.82) is 0 Å². The molecular formula is C10H8F3NO. The van der Waals surface area contributed by atoms with Gasteiger partial charge in [-0.05, 0) is 12.1 Å². The van der Waals surface area contributed by atoms with Crippen LogP contribution in [0.1, 0.15) is 12.0 Å². The number of carbonyl (C=O) groups excluding carboxylic acids is 1. The molecule has 0 bridgehead atoms. The van der Waals surface area contributed by atoms with Crippen LogP contribution in [0.4, 0.5) is 13.2 Å². The van der Waals surface area contributed by atoms with E-state index in [0.29, 0.717) is 6.07 Å². The number of hydrogen-bond donors (Lipinski definition) is 1. The molecule has 0 heterocycles. The number of amides is 1. The third-order valence-electron chi connectivity index (χ3n) is 1.68. The van der Waals surface area contributed by atoms with E-state index in [4.69, 9.17) is 5.73 Å². The van der Waals surface area contributed by atoms with Gasteiger partial charge < -0.3 is 5.73 Å². The van der Waals surface area contributed by atoms with Gasteiger partial charge in [-0.15, -0.1) is 0 Å². The van der Waals surface area contributed by atoms with Crippen molar-refractivity contribution in [2.24, 2.45) is 5.73 Å². The van der Waals surface area contributed by atoms with E-state index in [2.05, 4.69) is 0 Å². The highest BCUT2D eigenvalue weighted by atomic mass is 19.2. The van der Waals surface area contributed by atoms with Crippen molar-refractivity contribution in [1.82, 2.24) is 0 Å². The van der Waals surface area contributed by atoms with Gasteiger partial charge in [-0.1, -0.05) is 12.2 Å². The number of hydrogen-bond acceptors (Lipinski definition) is 1. The van der Waals surface area contributed by atoms with Gasteiger partial charge in [0.2, 0.25) is 5.91 Å². The predicted molar refractivity (Wildman–Crippen MR) is 49.2 cm³/mol. The highest BCUT2D eigenvalue weighted by Gasteiger charge is 2.10. The molecule has 15 heavy (non-hydrogen) atoms. The molecule has 1 rings (SSSR count). The Morgan fingerprint density at radius 2 is 1.87 bits per heavy atom. The summed E-state index contributed by atoms with van der Waals surface area (Å²) in [6.07, 6.45) is 2.00. The summed E-state index contributed by atoms with van der Waals surface area (Å²) in [7, 11) is 0. The van der Waals surface area contributed by atoms with E-state index in [9.17, 15) is 18.0 Å². The second kappa shape index (κ2) is 4.63.